The molecule has 0 aliphatic rings. The lowest BCUT2D eigenvalue weighted by Gasteiger charge is -2.17. The molecule has 5 heteroatoms. The molecule has 2 aromatic rings. The first kappa shape index (κ1) is 15.6. The molecule has 0 heterocycles. The SMILES string of the molecule is COc1cc(Cl)ccc1C(N)Cc1cccc(OC)c1F. The maximum atomic E-state index is 14.2. The van der Waals surface area contributed by atoms with Gasteiger partial charge in [0.25, 0.3) is 0 Å². The molecule has 2 aromatic carbocycles. The Morgan fingerprint density at radius 1 is 1.14 bits per heavy atom. The Hall–Kier alpha value is -1.78. The van der Waals surface area contributed by atoms with Crippen LogP contribution in [-0.4, -0.2) is 14.2 Å². The Kier molecular flexibility index (Phi) is 5.04. The first-order valence-corrected chi connectivity index (χ1v) is 6.85. The zero-order valence-electron chi connectivity index (χ0n) is 11.9. The molecular weight excluding hydrogens is 293 g/mol. The van der Waals surface area contributed by atoms with Crippen LogP contribution in [0.2, 0.25) is 5.02 Å². The summed E-state index contributed by atoms with van der Waals surface area (Å²) in [5.74, 6) is 0.421. The summed E-state index contributed by atoms with van der Waals surface area (Å²) >= 11 is 5.93. The third kappa shape index (κ3) is 3.46. The van der Waals surface area contributed by atoms with Gasteiger partial charge in [-0.1, -0.05) is 29.8 Å². The molecule has 21 heavy (non-hydrogen) atoms. The predicted octanol–water partition coefficient (Wildman–Crippen LogP) is 3.74. The molecule has 0 aliphatic heterocycles. The molecule has 3 nitrogen and oxygen atoms in total. The fourth-order valence-electron chi connectivity index (χ4n) is 2.21. The second-order valence-electron chi connectivity index (χ2n) is 4.63. The van der Waals surface area contributed by atoms with E-state index in [0.717, 1.165) is 5.56 Å². The number of rotatable bonds is 5. The lowest BCUT2D eigenvalue weighted by molar-refractivity contribution is 0.383. The largest absolute Gasteiger partial charge is 0.496 e. The molecule has 0 spiro atoms. The molecule has 0 saturated heterocycles. The fourth-order valence-corrected chi connectivity index (χ4v) is 2.37. The minimum atomic E-state index is -0.404. The van der Waals surface area contributed by atoms with Crippen LogP contribution in [0.3, 0.4) is 0 Å². The molecule has 0 fully saturated rings. The van der Waals surface area contributed by atoms with Crippen molar-refractivity contribution in [1.29, 1.82) is 0 Å². The molecule has 1 unspecified atom stereocenters. The molecule has 0 radical (unpaired) electrons. The highest BCUT2D eigenvalue weighted by Gasteiger charge is 2.16. The molecule has 2 N–H and O–H groups in total. The summed E-state index contributed by atoms with van der Waals surface area (Å²) in [7, 11) is 2.98. The van der Waals surface area contributed by atoms with Gasteiger partial charge in [0, 0.05) is 16.6 Å². The molecule has 0 aliphatic carbocycles. The Morgan fingerprint density at radius 3 is 2.52 bits per heavy atom. The molecule has 0 bridgehead atoms. The van der Waals surface area contributed by atoms with Crippen LogP contribution in [0.1, 0.15) is 17.2 Å². The van der Waals surface area contributed by atoms with Gasteiger partial charge in [-0.2, -0.15) is 0 Å². The first-order valence-electron chi connectivity index (χ1n) is 6.47. The van der Waals surface area contributed by atoms with Gasteiger partial charge >= 0.3 is 0 Å². The molecular formula is C16H17ClFNO2. The summed E-state index contributed by atoms with van der Waals surface area (Å²) in [5, 5.41) is 0.565. The number of ether oxygens (including phenoxy) is 2. The summed E-state index contributed by atoms with van der Waals surface area (Å²) in [6.45, 7) is 0. The average molecular weight is 310 g/mol. The number of methoxy groups -OCH3 is 2. The highest BCUT2D eigenvalue weighted by atomic mass is 35.5. The number of hydrogen-bond donors (Lipinski definition) is 1. The zero-order valence-corrected chi connectivity index (χ0v) is 12.7. The number of nitrogens with two attached hydrogens (primary N) is 1. The molecule has 0 amide bonds. The minimum Gasteiger partial charge on any atom is -0.496 e. The fraction of sp³-hybridized carbons (Fsp3) is 0.250. The molecule has 0 aromatic heterocycles. The van der Waals surface area contributed by atoms with Gasteiger partial charge in [0.2, 0.25) is 0 Å². The van der Waals surface area contributed by atoms with Crippen LogP contribution in [0, 0.1) is 5.82 Å². The van der Waals surface area contributed by atoms with Crippen molar-refractivity contribution in [2.45, 2.75) is 12.5 Å². The van der Waals surface area contributed by atoms with Gasteiger partial charge in [-0.05, 0) is 30.2 Å². The highest BCUT2D eigenvalue weighted by Crippen LogP contribution is 2.30. The maximum absolute atomic E-state index is 14.2. The normalized spacial score (nSPS) is 12.0. The number of benzene rings is 2. The number of halogens is 2. The van der Waals surface area contributed by atoms with Gasteiger partial charge in [-0.15, -0.1) is 0 Å². The lowest BCUT2D eigenvalue weighted by atomic mass is 9.98. The Labute approximate surface area is 128 Å². The van der Waals surface area contributed by atoms with Crippen molar-refractivity contribution in [2.75, 3.05) is 14.2 Å². The standard InChI is InChI=1S/C16H17ClFNO2/c1-20-14-5-3-4-10(16(14)18)8-13(19)12-7-6-11(17)9-15(12)21-2/h3-7,9,13H,8,19H2,1-2H3. The maximum Gasteiger partial charge on any atom is 0.168 e. The van der Waals surface area contributed by atoms with Gasteiger partial charge in [0.1, 0.15) is 5.75 Å². The third-order valence-electron chi connectivity index (χ3n) is 3.30. The van der Waals surface area contributed by atoms with Crippen LogP contribution in [0.4, 0.5) is 4.39 Å². The summed E-state index contributed by atoms with van der Waals surface area (Å²) in [4.78, 5) is 0. The van der Waals surface area contributed by atoms with E-state index in [9.17, 15) is 4.39 Å². The minimum absolute atomic E-state index is 0.211. The molecule has 112 valence electrons. The van der Waals surface area contributed by atoms with Gasteiger partial charge in [0.05, 0.1) is 14.2 Å². The summed E-state index contributed by atoms with van der Waals surface area (Å²) in [6, 6.07) is 9.83. The quantitative estimate of drug-likeness (QED) is 0.915. The van der Waals surface area contributed by atoms with Crippen LogP contribution in [0.15, 0.2) is 36.4 Å². The smallest absolute Gasteiger partial charge is 0.168 e. The molecule has 0 saturated carbocycles. The van der Waals surface area contributed by atoms with Gasteiger partial charge in [-0.25, -0.2) is 4.39 Å². The topological polar surface area (TPSA) is 44.5 Å². The first-order chi connectivity index (χ1) is 10.1. The van der Waals surface area contributed by atoms with Gasteiger partial charge in [0.15, 0.2) is 11.6 Å². The number of hydrogen-bond acceptors (Lipinski definition) is 3. The van der Waals surface area contributed by atoms with E-state index in [1.165, 1.54) is 7.11 Å². The Bertz CT molecular complexity index is 634. The molecule has 1 atom stereocenters. The van der Waals surface area contributed by atoms with E-state index in [1.807, 2.05) is 0 Å². The van der Waals surface area contributed by atoms with Crippen molar-refractivity contribution in [3.05, 3.63) is 58.4 Å². The summed E-state index contributed by atoms with van der Waals surface area (Å²) in [6.07, 6.45) is 0.334. The zero-order chi connectivity index (χ0) is 15.4. The monoisotopic (exact) mass is 309 g/mol. The van der Waals surface area contributed by atoms with Crippen molar-refractivity contribution >= 4 is 11.6 Å². The summed E-state index contributed by atoms with van der Waals surface area (Å²) in [5.41, 5.74) is 7.46. The van der Waals surface area contributed by atoms with Crippen LogP contribution >= 0.6 is 11.6 Å². The van der Waals surface area contributed by atoms with E-state index in [0.29, 0.717) is 22.8 Å². The van der Waals surface area contributed by atoms with Crippen LogP contribution < -0.4 is 15.2 Å². The van der Waals surface area contributed by atoms with E-state index in [4.69, 9.17) is 26.8 Å². The van der Waals surface area contributed by atoms with Crippen LogP contribution in [0.5, 0.6) is 11.5 Å². The van der Waals surface area contributed by atoms with E-state index in [1.54, 1.807) is 43.5 Å². The lowest BCUT2D eigenvalue weighted by Crippen LogP contribution is -2.15. The van der Waals surface area contributed by atoms with Crippen LogP contribution in [0.25, 0.3) is 0 Å². The Morgan fingerprint density at radius 2 is 1.86 bits per heavy atom. The van der Waals surface area contributed by atoms with Gasteiger partial charge < -0.3 is 15.2 Å². The second-order valence-corrected chi connectivity index (χ2v) is 5.07. The Balaban J connectivity index is 2.28. The van der Waals surface area contributed by atoms with Gasteiger partial charge in [-0.3, -0.25) is 0 Å². The third-order valence-corrected chi connectivity index (χ3v) is 3.53. The summed E-state index contributed by atoms with van der Waals surface area (Å²) < 4.78 is 24.4. The van der Waals surface area contributed by atoms with Crippen molar-refractivity contribution in [1.82, 2.24) is 0 Å². The second kappa shape index (κ2) is 6.78. The average Bonchev–Trinajstić information content (AvgIpc) is 2.49. The van der Waals surface area contributed by atoms with Crippen molar-refractivity contribution in [3.63, 3.8) is 0 Å². The van der Waals surface area contributed by atoms with Crippen molar-refractivity contribution in [2.24, 2.45) is 5.73 Å². The van der Waals surface area contributed by atoms with E-state index in [-0.39, 0.29) is 11.6 Å². The van der Waals surface area contributed by atoms with E-state index >= 15 is 0 Å². The highest BCUT2D eigenvalue weighted by molar-refractivity contribution is 6.30. The predicted molar refractivity (Wildman–Crippen MR) is 81.6 cm³/mol. The van der Waals surface area contributed by atoms with Crippen molar-refractivity contribution < 1.29 is 13.9 Å². The van der Waals surface area contributed by atoms with Crippen molar-refractivity contribution in [3.8, 4) is 11.5 Å². The molecule has 2 rings (SSSR count). The van der Waals surface area contributed by atoms with E-state index in [2.05, 4.69) is 0 Å². The van der Waals surface area contributed by atoms with E-state index < -0.39 is 6.04 Å². The van der Waals surface area contributed by atoms with Crippen LogP contribution in [-0.2, 0) is 6.42 Å².